The monoisotopic (exact) mass is 370 g/mol. The highest BCUT2D eigenvalue weighted by atomic mass is 16.2. The van der Waals surface area contributed by atoms with Crippen molar-refractivity contribution in [1.29, 1.82) is 0 Å². The number of anilines is 1. The molecule has 144 valence electrons. The van der Waals surface area contributed by atoms with Crippen LogP contribution in [0.3, 0.4) is 0 Å². The van der Waals surface area contributed by atoms with Gasteiger partial charge in [0.25, 0.3) is 5.56 Å². The first-order chi connectivity index (χ1) is 12.9. The second-order valence-corrected chi connectivity index (χ2v) is 6.98. The number of hydrogen-bond donors (Lipinski definition) is 2. The Balaban J connectivity index is 1.54. The molecule has 8 heteroatoms. The van der Waals surface area contributed by atoms with E-state index in [1.54, 1.807) is 20.0 Å². The lowest BCUT2D eigenvalue weighted by atomic mass is 10.1. The lowest BCUT2D eigenvalue weighted by Crippen LogP contribution is -2.44. The van der Waals surface area contributed by atoms with Gasteiger partial charge in [-0.15, -0.1) is 0 Å². The molecule has 1 aliphatic rings. The molecule has 1 aliphatic heterocycles. The van der Waals surface area contributed by atoms with Gasteiger partial charge in [-0.3, -0.25) is 9.59 Å². The molecule has 0 spiro atoms. The minimum atomic E-state index is -0.256. The van der Waals surface area contributed by atoms with Gasteiger partial charge in [0.15, 0.2) is 0 Å². The lowest BCUT2D eigenvalue weighted by Gasteiger charge is -2.33. The van der Waals surface area contributed by atoms with Gasteiger partial charge < -0.3 is 20.1 Å². The number of aromatic nitrogens is 3. The van der Waals surface area contributed by atoms with Gasteiger partial charge >= 0.3 is 0 Å². The smallest absolute Gasteiger partial charge is 0.254 e. The number of nitrogens with zero attached hydrogens (tertiary/aromatic N) is 4. The molecule has 0 aromatic carbocycles. The van der Waals surface area contributed by atoms with Crippen LogP contribution in [0.15, 0.2) is 23.1 Å². The number of nitrogens with one attached hydrogen (secondary N) is 2. The Kier molecular flexibility index (Phi) is 5.85. The van der Waals surface area contributed by atoms with Crippen molar-refractivity contribution < 1.29 is 4.79 Å². The molecular formula is C19H26N6O2. The Morgan fingerprint density at radius 2 is 1.96 bits per heavy atom. The van der Waals surface area contributed by atoms with E-state index in [0.29, 0.717) is 23.6 Å². The molecule has 0 radical (unpaired) electrons. The van der Waals surface area contributed by atoms with Crippen molar-refractivity contribution >= 4 is 11.7 Å². The van der Waals surface area contributed by atoms with E-state index in [4.69, 9.17) is 0 Å². The van der Waals surface area contributed by atoms with Crippen molar-refractivity contribution in [3.05, 3.63) is 51.3 Å². The van der Waals surface area contributed by atoms with Crippen LogP contribution in [0.4, 0.5) is 5.82 Å². The third-order valence-corrected chi connectivity index (χ3v) is 4.80. The quantitative estimate of drug-likeness (QED) is 0.791. The van der Waals surface area contributed by atoms with Crippen molar-refractivity contribution in [2.45, 2.75) is 26.8 Å². The van der Waals surface area contributed by atoms with E-state index in [2.05, 4.69) is 37.1 Å². The zero-order valence-electron chi connectivity index (χ0n) is 16.1. The number of aryl methyl sites for hydroxylation is 2. The number of carbonyl (C=O) groups is 1. The van der Waals surface area contributed by atoms with Crippen LogP contribution in [0.25, 0.3) is 0 Å². The molecule has 0 unspecified atom stereocenters. The van der Waals surface area contributed by atoms with E-state index in [9.17, 15) is 9.59 Å². The van der Waals surface area contributed by atoms with Crippen LogP contribution in [0.5, 0.6) is 0 Å². The maximum atomic E-state index is 12.2. The molecule has 3 heterocycles. The zero-order chi connectivity index (χ0) is 19.4. The normalized spacial score (nSPS) is 15.0. The summed E-state index contributed by atoms with van der Waals surface area (Å²) in [7, 11) is 2.12. The van der Waals surface area contributed by atoms with Gasteiger partial charge in [-0.25, -0.2) is 9.97 Å². The van der Waals surface area contributed by atoms with Crippen LogP contribution >= 0.6 is 0 Å². The van der Waals surface area contributed by atoms with Crippen molar-refractivity contribution in [2.24, 2.45) is 0 Å². The van der Waals surface area contributed by atoms with Crippen molar-refractivity contribution in [2.75, 3.05) is 38.1 Å². The second-order valence-electron chi connectivity index (χ2n) is 6.98. The first kappa shape index (κ1) is 19.0. The van der Waals surface area contributed by atoms with Gasteiger partial charge in [-0.1, -0.05) is 6.07 Å². The Labute approximate surface area is 158 Å². The number of aromatic amines is 1. The summed E-state index contributed by atoms with van der Waals surface area (Å²) in [5.74, 6) is 1.30. The molecule has 1 amide bonds. The van der Waals surface area contributed by atoms with E-state index < -0.39 is 0 Å². The summed E-state index contributed by atoms with van der Waals surface area (Å²) in [6, 6.07) is 3.97. The van der Waals surface area contributed by atoms with Gasteiger partial charge in [0, 0.05) is 50.2 Å². The van der Waals surface area contributed by atoms with Crippen LogP contribution in [0.2, 0.25) is 0 Å². The fourth-order valence-corrected chi connectivity index (χ4v) is 3.13. The van der Waals surface area contributed by atoms with Crippen LogP contribution in [0.1, 0.15) is 22.6 Å². The van der Waals surface area contributed by atoms with E-state index in [0.717, 1.165) is 37.6 Å². The predicted molar refractivity (Wildman–Crippen MR) is 104 cm³/mol. The minimum Gasteiger partial charge on any atom is -0.354 e. The Morgan fingerprint density at radius 3 is 2.59 bits per heavy atom. The van der Waals surface area contributed by atoms with Gasteiger partial charge in [0.05, 0.1) is 6.42 Å². The maximum Gasteiger partial charge on any atom is 0.254 e. The number of carbonyl (C=O) groups excluding carboxylic acids is 1. The fraction of sp³-hybridized carbons (Fsp3) is 0.474. The summed E-state index contributed by atoms with van der Waals surface area (Å²) in [4.78, 5) is 40.1. The molecule has 2 aromatic heterocycles. The summed E-state index contributed by atoms with van der Waals surface area (Å²) in [6.45, 7) is 7.85. The number of likely N-dealkylation sites (N-methyl/N-ethyl adjacent to an activating group) is 1. The highest BCUT2D eigenvalue weighted by Gasteiger charge is 2.15. The Hall–Kier alpha value is -2.74. The summed E-state index contributed by atoms with van der Waals surface area (Å²) in [5.41, 5.74) is 1.66. The van der Waals surface area contributed by atoms with Gasteiger partial charge in [-0.2, -0.15) is 0 Å². The molecular weight excluding hydrogens is 344 g/mol. The van der Waals surface area contributed by atoms with Crippen LogP contribution in [-0.4, -0.2) is 59.0 Å². The van der Waals surface area contributed by atoms with E-state index >= 15 is 0 Å². The first-order valence-corrected chi connectivity index (χ1v) is 9.14. The number of H-pyrrole nitrogens is 1. The molecule has 0 atom stereocenters. The van der Waals surface area contributed by atoms with Gasteiger partial charge in [0.2, 0.25) is 5.91 Å². The lowest BCUT2D eigenvalue weighted by molar-refractivity contribution is -0.120. The third-order valence-electron chi connectivity index (χ3n) is 4.80. The average Bonchev–Trinajstić information content (AvgIpc) is 2.64. The zero-order valence-corrected chi connectivity index (χ0v) is 16.1. The summed E-state index contributed by atoms with van der Waals surface area (Å²) < 4.78 is 0. The Morgan fingerprint density at radius 1 is 1.22 bits per heavy atom. The van der Waals surface area contributed by atoms with E-state index in [1.807, 2.05) is 12.1 Å². The minimum absolute atomic E-state index is 0.0151. The molecule has 0 bridgehead atoms. The summed E-state index contributed by atoms with van der Waals surface area (Å²) in [5, 5.41) is 2.84. The average molecular weight is 370 g/mol. The molecule has 1 fully saturated rings. The number of pyridine rings is 1. The molecule has 1 saturated heterocycles. The van der Waals surface area contributed by atoms with E-state index in [-0.39, 0.29) is 17.9 Å². The summed E-state index contributed by atoms with van der Waals surface area (Å²) in [6.07, 6.45) is 1.81. The topological polar surface area (TPSA) is 94.2 Å². The summed E-state index contributed by atoms with van der Waals surface area (Å²) >= 11 is 0. The van der Waals surface area contributed by atoms with Gasteiger partial charge in [0.1, 0.15) is 11.6 Å². The van der Waals surface area contributed by atoms with Crippen LogP contribution in [0, 0.1) is 13.8 Å². The van der Waals surface area contributed by atoms with Crippen molar-refractivity contribution in [3.63, 3.8) is 0 Å². The number of rotatable bonds is 5. The second kappa shape index (κ2) is 8.30. The van der Waals surface area contributed by atoms with Gasteiger partial charge in [-0.05, 0) is 32.5 Å². The van der Waals surface area contributed by atoms with Crippen molar-refractivity contribution in [3.8, 4) is 0 Å². The molecule has 0 saturated carbocycles. The molecule has 2 N–H and O–H groups in total. The maximum absolute atomic E-state index is 12.2. The largest absolute Gasteiger partial charge is 0.354 e. The first-order valence-electron chi connectivity index (χ1n) is 9.14. The molecule has 27 heavy (non-hydrogen) atoms. The fourth-order valence-electron chi connectivity index (χ4n) is 3.13. The van der Waals surface area contributed by atoms with Crippen LogP contribution < -0.4 is 15.8 Å². The highest BCUT2D eigenvalue weighted by molar-refractivity contribution is 5.78. The highest BCUT2D eigenvalue weighted by Crippen LogP contribution is 2.13. The van der Waals surface area contributed by atoms with Crippen LogP contribution in [-0.2, 0) is 17.8 Å². The Bertz CT molecular complexity index is 853. The molecule has 3 rings (SSSR count). The molecule has 0 aliphatic carbocycles. The SMILES string of the molecule is Cc1nc(C)c(CC(=O)NCc2ccc(N3CCN(C)CC3)nc2)c(=O)[nH]1. The standard InChI is InChI=1S/C19H26N6O2/c1-13-16(19(27)23-14(2)22-13)10-18(26)21-12-15-4-5-17(20-11-15)25-8-6-24(3)7-9-25/h4-5,11H,6-10,12H2,1-3H3,(H,21,26)(H,22,23,27). The van der Waals surface area contributed by atoms with E-state index in [1.165, 1.54) is 0 Å². The number of amides is 1. The number of hydrogen-bond acceptors (Lipinski definition) is 6. The molecule has 2 aromatic rings. The third kappa shape index (κ3) is 4.91. The number of piperazine rings is 1. The van der Waals surface area contributed by atoms with Crippen molar-refractivity contribution in [1.82, 2.24) is 25.2 Å². The predicted octanol–water partition coefficient (Wildman–Crippen LogP) is 0.392. The molecule has 8 nitrogen and oxygen atoms in total.